The summed E-state index contributed by atoms with van der Waals surface area (Å²) < 4.78 is 6.47. The van der Waals surface area contributed by atoms with Gasteiger partial charge >= 0.3 is 0 Å². The Hall–Kier alpha value is -2.34. The zero-order valence-electron chi connectivity index (χ0n) is 16.2. The van der Waals surface area contributed by atoms with E-state index in [4.69, 9.17) is 4.74 Å². The molecule has 0 aliphatic carbocycles. The van der Waals surface area contributed by atoms with Crippen LogP contribution in [-0.4, -0.2) is 42.5 Å². The number of benzene rings is 2. The Labute approximate surface area is 174 Å². The largest absolute Gasteiger partial charge is 0.483 e. The number of hydrogen-bond donors (Lipinski definition) is 1. The first-order valence-corrected chi connectivity index (χ1v) is 10.3. The minimum Gasteiger partial charge on any atom is -0.483 e. The van der Waals surface area contributed by atoms with Gasteiger partial charge in [-0.15, -0.1) is 0 Å². The van der Waals surface area contributed by atoms with Crippen molar-refractivity contribution >= 4 is 27.7 Å². The van der Waals surface area contributed by atoms with Crippen molar-refractivity contribution in [2.75, 3.05) is 19.7 Å². The van der Waals surface area contributed by atoms with E-state index in [2.05, 4.69) is 21.2 Å². The molecule has 0 atom stereocenters. The van der Waals surface area contributed by atoms with E-state index < -0.39 is 0 Å². The molecule has 1 aliphatic heterocycles. The van der Waals surface area contributed by atoms with E-state index in [9.17, 15) is 9.59 Å². The molecule has 0 bridgehead atoms. The summed E-state index contributed by atoms with van der Waals surface area (Å²) >= 11 is 3.44. The van der Waals surface area contributed by atoms with Gasteiger partial charge in [-0.3, -0.25) is 9.59 Å². The molecule has 5 nitrogen and oxygen atoms in total. The summed E-state index contributed by atoms with van der Waals surface area (Å²) in [6.07, 6.45) is 1.48. The Morgan fingerprint density at radius 3 is 2.54 bits per heavy atom. The van der Waals surface area contributed by atoms with Crippen molar-refractivity contribution in [3.05, 3.63) is 63.6 Å². The van der Waals surface area contributed by atoms with Gasteiger partial charge in [-0.05, 0) is 71.9 Å². The molecule has 28 heavy (non-hydrogen) atoms. The van der Waals surface area contributed by atoms with Crippen LogP contribution in [0.3, 0.4) is 0 Å². The molecule has 0 radical (unpaired) electrons. The minimum absolute atomic E-state index is 0.000397. The van der Waals surface area contributed by atoms with Crippen molar-refractivity contribution in [2.45, 2.75) is 32.7 Å². The minimum atomic E-state index is -0.128. The third kappa shape index (κ3) is 4.93. The lowest BCUT2D eigenvalue weighted by Crippen LogP contribution is -2.47. The molecule has 1 aliphatic rings. The van der Waals surface area contributed by atoms with Crippen LogP contribution in [0.25, 0.3) is 0 Å². The monoisotopic (exact) mass is 444 g/mol. The molecule has 1 heterocycles. The summed E-state index contributed by atoms with van der Waals surface area (Å²) in [5, 5.41) is 3.02. The topological polar surface area (TPSA) is 58.6 Å². The van der Waals surface area contributed by atoms with E-state index in [1.54, 1.807) is 0 Å². The smallest absolute Gasteiger partial charge is 0.258 e. The van der Waals surface area contributed by atoms with Crippen molar-refractivity contribution in [1.29, 1.82) is 0 Å². The highest BCUT2D eigenvalue weighted by atomic mass is 79.9. The highest BCUT2D eigenvalue weighted by Crippen LogP contribution is 2.21. The van der Waals surface area contributed by atoms with Gasteiger partial charge in [-0.2, -0.15) is 0 Å². The van der Waals surface area contributed by atoms with Crippen molar-refractivity contribution in [1.82, 2.24) is 10.2 Å². The van der Waals surface area contributed by atoms with E-state index in [1.807, 2.05) is 61.2 Å². The first kappa shape index (κ1) is 20.4. The average Bonchev–Trinajstić information content (AvgIpc) is 2.69. The number of carbonyl (C=O) groups is 2. The molecule has 1 saturated heterocycles. The quantitative estimate of drug-likeness (QED) is 0.761. The molecule has 0 spiro atoms. The molecule has 1 N–H and O–H groups in total. The van der Waals surface area contributed by atoms with Gasteiger partial charge in [0.15, 0.2) is 6.61 Å². The molecule has 0 saturated carbocycles. The first-order chi connectivity index (χ1) is 13.5. The van der Waals surface area contributed by atoms with Gasteiger partial charge in [-0.25, -0.2) is 0 Å². The van der Waals surface area contributed by atoms with E-state index in [-0.39, 0.29) is 24.5 Å². The van der Waals surface area contributed by atoms with Crippen LogP contribution in [-0.2, 0) is 4.79 Å². The average molecular weight is 445 g/mol. The second kappa shape index (κ2) is 9.24. The van der Waals surface area contributed by atoms with Crippen molar-refractivity contribution in [3.8, 4) is 5.75 Å². The van der Waals surface area contributed by atoms with Gasteiger partial charge < -0.3 is 15.0 Å². The molecule has 3 rings (SSSR count). The van der Waals surface area contributed by atoms with Crippen LogP contribution in [0, 0.1) is 13.8 Å². The van der Waals surface area contributed by atoms with Crippen molar-refractivity contribution < 1.29 is 14.3 Å². The first-order valence-electron chi connectivity index (χ1n) is 9.48. The molecule has 2 aromatic rings. The predicted molar refractivity (Wildman–Crippen MR) is 113 cm³/mol. The fourth-order valence-electron chi connectivity index (χ4n) is 3.33. The molecular weight excluding hydrogens is 420 g/mol. The lowest BCUT2D eigenvalue weighted by molar-refractivity contribution is -0.124. The van der Waals surface area contributed by atoms with Gasteiger partial charge in [-0.1, -0.05) is 24.3 Å². The fourth-order valence-corrected chi connectivity index (χ4v) is 3.78. The van der Waals surface area contributed by atoms with Crippen LogP contribution >= 0.6 is 15.9 Å². The maximum absolute atomic E-state index is 12.7. The van der Waals surface area contributed by atoms with Crippen LogP contribution in [0.2, 0.25) is 0 Å². The van der Waals surface area contributed by atoms with Crippen LogP contribution in [0.15, 0.2) is 46.9 Å². The molecule has 2 aromatic carbocycles. The Bertz CT molecular complexity index is 861. The van der Waals surface area contributed by atoms with Crippen LogP contribution < -0.4 is 10.1 Å². The summed E-state index contributed by atoms with van der Waals surface area (Å²) in [5.74, 6) is 0.635. The summed E-state index contributed by atoms with van der Waals surface area (Å²) in [5.41, 5.74) is 2.86. The Morgan fingerprint density at radius 2 is 1.82 bits per heavy atom. The molecule has 0 aromatic heterocycles. The van der Waals surface area contributed by atoms with Gasteiger partial charge in [0.25, 0.3) is 11.8 Å². The highest BCUT2D eigenvalue weighted by molar-refractivity contribution is 9.10. The number of piperidine rings is 1. The van der Waals surface area contributed by atoms with Crippen LogP contribution in [0.1, 0.15) is 34.3 Å². The number of amides is 2. The van der Waals surface area contributed by atoms with Crippen LogP contribution in [0.5, 0.6) is 5.75 Å². The number of carbonyl (C=O) groups excluding carboxylic acids is 2. The number of halogens is 1. The summed E-state index contributed by atoms with van der Waals surface area (Å²) in [6.45, 7) is 5.26. The highest BCUT2D eigenvalue weighted by Gasteiger charge is 2.25. The standard InChI is InChI=1S/C22H25BrN2O3/c1-15-6-5-9-20(16(15)2)28-14-21(26)24-17-10-12-25(13-11-17)22(27)18-7-3-4-8-19(18)23/h3-9,17H,10-14H2,1-2H3,(H,24,26). The Morgan fingerprint density at radius 1 is 1.11 bits per heavy atom. The summed E-state index contributed by atoms with van der Waals surface area (Å²) in [4.78, 5) is 26.7. The number of rotatable bonds is 5. The number of nitrogens with zero attached hydrogens (tertiary/aromatic N) is 1. The second-order valence-corrected chi connectivity index (χ2v) is 7.95. The summed E-state index contributed by atoms with van der Waals surface area (Å²) in [6, 6.07) is 13.3. The zero-order valence-corrected chi connectivity index (χ0v) is 17.8. The van der Waals surface area contributed by atoms with E-state index in [1.165, 1.54) is 0 Å². The lowest BCUT2D eigenvalue weighted by atomic mass is 10.0. The molecule has 148 valence electrons. The molecule has 0 unspecified atom stereocenters. The normalized spacial score (nSPS) is 14.6. The third-order valence-corrected chi connectivity index (χ3v) is 5.86. The Kier molecular flexibility index (Phi) is 6.73. The van der Waals surface area contributed by atoms with E-state index >= 15 is 0 Å². The van der Waals surface area contributed by atoms with Gasteiger partial charge in [0.1, 0.15) is 5.75 Å². The summed E-state index contributed by atoms with van der Waals surface area (Å²) in [7, 11) is 0. The maximum Gasteiger partial charge on any atom is 0.258 e. The van der Waals surface area contributed by atoms with E-state index in [0.29, 0.717) is 18.7 Å². The lowest BCUT2D eigenvalue weighted by Gasteiger charge is -2.32. The van der Waals surface area contributed by atoms with Crippen LogP contribution in [0.4, 0.5) is 0 Å². The molecule has 2 amide bonds. The SMILES string of the molecule is Cc1cccc(OCC(=O)NC2CCN(C(=O)c3ccccc3Br)CC2)c1C. The van der Waals surface area contributed by atoms with E-state index in [0.717, 1.165) is 34.2 Å². The molecule has 6 heteroatoms. The third-order valence-electron chi connectivity index (χ3n) is 5.17. The van der Waals surface area contributed by atoms with Crippen molar-refractivity contribution in [3.63, 3.8) is 0 Å². The fraction of sp³-hybridized carbons (Fsp3) is 0.364. The maximum atomic E-state index is 12.7. The second-order valence-electron chi connectivity index (χ2n) is 7.10. The van der Waals surface area contributed by atoms with Crippen molar-refractivity contribution in [2.24, 2.45) is 0 Å². The number of nitrogens with one attached hydrogen (secondary N) is 1. The number of aryl methyl sites for hydroxylation is 1. The Balaban J connectivity index is 1.46. The number of ether oxygens (including phenoxy) is 1. The van der Waals surface area contributed by atoms with Gasteiger partial charge in [0.05, 0.1) is 5.56 Å². The zero-order chi connectivity index (χ0) is 20.1. The predicted octanol–water partition coefficient (Wildman–Crippen LogP) is 3.87. The van der Waals surface area contributed by atoms with Gasteiger partial charge in [0, 0.05) is 23.6 Å². The number of hydrogen-bond acceptors (Lipinski definition) is 3. The molecule has 1 fully saturated rings. The number of likely N-dealkylation sites (tertiary alicyclic amines) is 1. The molecular formula is C22H25BrN2O3. The van der Waals surface area contributed by atoms with Gasteiger partial charge in [0.2, 0.25) is 0 Å².